The molecule has 0 amide bonds. The van der Waals surface area contributed by atoms with Crippen molar-refractivity contribution < 1.29 is 8.42 Å². The van der Waals surface area contributed by atoms with Gasteiger partial charge in [0, 0.05) is 5.39 Å². The Kier molecular flexibility index (Phi) is 3.40. The molecular formula is C12H14N2O2S. The maximum absolute atomic E-state index is 11.3. The molecule has 0 spiro atoms. The number of rotatable bonds is 4. The zero-order valence-corrected chi connectivity index (χ0v) is 10.4. The van der Waals surface area contributed by atoms with E-state index in [0.29, 0.717) is 0 Å². The van der Waals surface area contributed by atoms with Crippen LogP contribution in [0.2, 0.25) is 0 Å². The second-order valence-electron chi connectivity index (χ2n) is 3.72. The maximum atomic E-state index is 11.3. The molecule has 1 aromatic heterocycles. The summed E-state index contributed by atoms with van der Waals surface area (Å²) in [7, 11) is -3.16. The molecule has 1 aromatic carbocycles. The van der Waals surface area contributed by atoms with E-state index >= 15 is 0 Å². The first kappa shape index (κ1) is 12.0. The zero-order valence-electron chi connectivity index (χ0n) is 9.55. The Labute approximate surface area is 101 Å². The molecule has 1 heterocycles. The van der Waals surface area contributed by atoms with Crippen molar-refractivity contribution in [2.45, 2.75) is 13.5 Å². The summed E-state index contributed by atoms with van der Waals surface area (Å²) >= 11 is 0. The highest BCUT2D eigenvalue weighted by Crippen LogP contribution is 2.11. The van der Waals surface area contributed by atoms with Gasteiger partial charge in [0.1, 0.15) is 0 Å². The van der Waals surface area contributed by atoms with Gasteiger partial charge in [-0.3, -0.25) is 4.98 Å². The number of para-hydroxylation sites is 1. The van der Waals surface area contributed by atoms with Crippen LogP contribution in [0.1, 0.15) is 12.6 Å². The van der Waals surface area contributed by atoms with Crippen molar-refractivity contribution >= 4 is 20.9 Å². The van der Waals surface area contributed by atoms with E-state index in [2.05, 4.69) is 9.71 Å². The van der Waals surface area contributed by atoms with Crippen LogP contribution in [-0.4, -0.2) is 19.2 Å². The third kappa shape index (κ3) is 3.01. The molecule has 17 heavy (non-hydrogen) atoms. The second kappa shape index (κ2) is 4.81. The van der Waals surface area contributed by atoms with E-state index in [1.54, 1.807) is 6.92 Å². The number of pyridine rings is 1. The van der Waals surface area contributed by atoms with E-state index in [0.717, 1.165) is 16.6 Å². The van der Waals surface area contributed by atoms with E-state index in [1.165, 1.54) is 0 Å². The van der Waals surface area contributed by atoms with E-state index in [4.69, 9.17) is 0 Å². The third-order valence-corrected chi connectivity index (χ3v) is 3.85. The predicted octanol–water partition coefficient (Wildman–Crippen LogP) is 1.67. The lowest BCUT2D eigenvalue weighted by atomic mass is 10.2. The number of nitrogens with one attached hydrogen (secondary N) is 1. The topological polar surface area (TPSA) is 59.1 Å². The van der Waals surface area contributed by atoms with Crippen molar-refractivity contribution in [3.63, 3.8) is 0 Å². The molecule has 2 aromatic rings. The number of nitrogens with zero attached hydrogens (tertiary/aromatic N) is 1. The van der Waals surface area contributed by atoms with E-state index < -0.39 is 10.0 Å². The summed E-state index contributed by atoms with van der Waals surface area (Å²) in [6.45, 7) is 1.84. The summed E-state index contributed by atoms with van der Waals surface area (Å²) in [5.74, 6) is 0.0839. The summed E-state index contributed by atoms with van der Waals surface area (Å²) in [6.07, 6.45) is 0. The van der Waals surface area contributed by atoms with Crippen LogP contribution >= 0.6 is 0 Å². The lowest BCUT2D eigenvalue weighted by molar-refractivity contribution is 0.582. The van der Waals surface area contributed by atoms with Gasteiger partial charge in [-0.1, -0.05) is 24.3 Å². The van der Waals surface area contributed by atoms with Crippen molar-refractivity contribution in [2.24, 2.45) is 0 Å². The van der Waals surface area contributed by atoms with Gasteiger partial charge in [-0.25, -0.2) is 13.1 Å². The van der Waals surface area contributed by atoms with Gasteiger partial charge in [0.15, 0.2) is 0 Å². The molecule has 0 unspecified atom stereocenters. The van der Waals surface area contributed by atoms with Crippen molar-refractivity contribution in [1.82, 2.24) is 9.71 Å². The van der Waals surface area contributed by atoms with Crippen LogP contribution in [0.3, 0.4) is 0 Å². The minimum absolute atomic E-state index is 0.0839. The highest BCUT2D eigenvalue weighted by molar-refractivity contribution is 7.89. The third-order valence-electron chi connectivity index (χ3n) is 2.51. The van der Waals surface area contributed by atoms with Crippen LogP contribution in [0, 0.1) is 0 Å². The fourth-order valence-electron chi connectivity index (χ4n) is 1.49. The average Bonchev–Trinajstić information content (AvgIpc) is 2.36. The number of benzene rings is 1. The van der Waals surface area contributed by atoms with Crippen LogP contribution in [0.25, 0.3) is 10.9 Å². The summed E-state index contributed by atoms with van der Waals surface area (Å²) in [4.78, 5) is 4.39. The minimum atomic E-state index is -3.16. The Morgan fingerprint density at radius 3 is 2.71 bits per heavy atom. The average molecular weight is 250 g/mol. The lowest BCUT2D eigenvalue weighted by Crippen LogP contribution is -2.25. The molecular weight excluding hydrogens is 236 g/mol. The molecule has 0 aliphatic rings. The van der Waals surface area contributed by atoms with Crippen molar-refractivity contribution in [2.75, 3.05) is 5.75 Å². The summed E-state index contributed by atoms with van der Waals surface area (Å²) in [5.41, 5.74) is 1.60. The van der Waals surface area contributed by atoms with Crippen LogP contribution in [0.5, 0.6) is 0 Å². The standard InChI is InChI=1S/C12H14N2O2S/c1-2-17(15,16)13-9-11-8-7-10-5-3-4-6-12(10)14-11/h3-8,13H,2,9H2,1H3. The maximum Gasteiger partial charge on any atom is 0.211 e. The Balaban J connectivity index is 2.20. The van der Waals surface area contributed by atoms with Gasteiger partial charge in [-0.05, 0) is 19.1 Å². The SMILES string of the molecule is CCS(=O)(=O)NCc1ccc2ccccc2n1. The number of hydrogen-bond donors (Lipinski definition) is 1. The first-order valence-electron chi connectivity index (χ1n) is 5.43. The Bertz CT molecular complexity index is 623. The predicted molar refractivity (Wildman–Crippen MR) is 68.0 cm³/mol. The number of aromatic nitrogens is 1. The lowest BCUT2D eigenvalue weighted by Gasteiger charge is -2.05. The largest absolute Gasteiger partial charge is 0.251 e. The van der Waals surface area contributed by atoms with Gasteiger partial charge in [0.05, 0.1) is 23.5 Å². The van der Waals surface area contributed by atoms with Gasteiger partial charge in [0.2, 0.25) is 10.0 Å². The molecule has 1 N–H and O–H groups in total. The van der Waals surface area contributed by atoms with Gasteiger partial charge in [-0.2, -0.15) is 0 Å². The molecule has 4 nitrogen and oxygen atoms in total. The molecule has 5 heteroatoms. The molecule has 2 rings (SSSR count). The fraction of sp³-hybridized carbons (Fsp3) is 0.250. The molecule has 0 saturated carbocycles. The molecule has 0 bridgehead atoms. The highest BCUT2D eigenvalue weighted by atomic mass is 32.2. The summed E-state index contributed by atoms with van der Waals surface area (Å²) < 4.78 is 25.1. The minimum Gasteiger partial charge on any atom is -0.251 e. The smallest absolute Gasteiger partial charge is 0.211 e. The Hall–Kier alpha value is -1.46. The van der Waals surface area contributed by atoms with E-state index in [-0.39, 0.29) is 12.3 Å². The van der Waals surface area contributed by atoms with Crippen molar-refractivity contribution in [1.29, 1.82) is 0 Å². The first-order valence-corrected chi connectivity index (χ1v) is 7.08. The number of sulfonamides is 1. The van der Waals surface area contributed by atoms with Gasteiger partial charge < -0.3 is 0 Å². The zero-order chi connectivity index (χ0) is 12.3. The van der Waals surface area contributed by atoms with Crippen LogP contribution in [0.4, 0.5) is 0 Å². The Morgan fingerprint density at radius 1 is 1.18 bits per heavy atom. The van der Waals surface area contributed by atoms with Crippen LogP contribution < -0.4 is 4.72 Å². The molecule has 0 radical (unpaired) electrons. The summed E-state index contributed by atoms with van der Waals surface area (Å²) in [5, 5.41) is 1.05. The summed E-state index contributed by atoms with van der Waals surface area (Å²) in [6, 6.07) is 11.5. The van der Waals surface area contributed by atoms with E-state index in [9.17, 15) is 8.42 Å². The van der Waals surface area contributed by atoms with Gasteiger partial charge in [-0.15, -0.1) is 0 Å². The van der Waals surface area contributed by atoms with Crippen LogP contribution in [-0.2, 0) is 16.6 Å². The molecule has 0 atom stereocenters. The Morgan fingerprint density at radius 2 is 1.94 bits per heavy atom. The normalized spacial score (nSPS) is 11.8. The quantitative estimate of drug-likeness (QED) is 0.898. The van der Waals surface area contributed by atoms with E-state index in [1.807, 2.05) is 36.4 Å². The van der Waals surface area contributed by atoms with Crippen molar-refractivity contribution in [3.8, 4) is 0 Å². The number of fused-ring (bicyclic) bond motifs is 1. The molecule has 0 fully saturated rings. The molecule has 0 saturated heterocycles. The van der Waals surface area contributed by atoms with Gasteiger partial charge in [0.25, 0.3) is 0 Å². The fourth-order valence-corrected chi connectivity index (χ4v) is 2.06. The van der Waals surface area contributed by atoms with Gasteiger partial charge >= 0.3 is 0 Å². The van der Waals surface area contributed by atoms with Crippen molar-refractivity contribution in [3.05, 3.63) is 42.1 Å². The first-order chi connectivity index (χ1) is 8.11. The van der Waals surface area contributed by atoms with Crippen LogP contribution in [0.15, 0.2) is 36.4 Å². The molecule has 90 valence electrons. The molecule has 0 aliphatic carbocycles. The monoisotopic (exact) mass is 250 g/mol. The number of hydrogen-bond acceptors (Lipinski definition) is 3. The highest BCUT2D eigenvalue weighted by Gasteiger charge is 2.06. The second-order valence-corrected chi connectivity index (χ2v) is 5.82. The molecule has 0 aliphatic heterocycles.